The molecule has 0 saturated carbocycles. The van der Waals surface area contributed by atoms with Crippen LogP contribution >= 0.6 is 23.2 Å². The first-order valence-corrected chi connectivity index (χ1v) is 6.25. The number of halogens is 2. The van der Waals surface area contributed by atoms with Gasteiger partial charge in [0, 0.05) is 24.7 Å². The van der Waals surface area contributed by atoms with Gasteiger partial charge in [-0.25, -0.2) is 0 Å². The van der Waals surface area contributed by atoms with Crippen LogP contribution in [-0.2, 0) is 4.79 Å². The van der Waals surface area contributed by atoms with Crippen LogP contribution in [0.25, 0.3) is 0 Å². The fourth-order valence-electron chi connectivity index (χ4n) is 1.24. The van der Waals surface area contributed by atoms with E-state index in [2.05, 4.69) is 0 Å². The quantitative estimate of drug-likeness (QED) is 0.904. The molecule has 1 rings (SSSR count). The molecule has 100 valence electrons. The van der Waals surface area contributed by atoms with E-state index in [-0.39, 0.29) is 18.6 Å². The van der Waals surface area contributed by atoms with Crippen molar-refractivity contribution in [1.82, 2.24) is 4.90 Å². The zero-order chi connectivity index (χ0) is 13.7. The summed E-state index contributed by atoms with van der Waals surface area (Å²) in [5.74, 6) is 0.280. The first kappa shape index (κ1) is 15.1. The van der Waals surface area contributed by atoms with Crippen LogP contribution in [0.3, 0.4) is 0 Å². The number of hydrogen-bond acceptors (Lipinski definition) is 3. The molecule has 1 amide bonds. The molecule has 6 heteroatoms. The van der Waals surface area contributed by atoms with E-state index in [4.69, 9.17) is 33.7 Å². The molecule has 1 atom stereocenters. The third-order valence-corrected chi connectivity index (χ3v) is 3.17. The Kier molecular flexibility index (Phi) is 5.72. The molecule has 0 aliphatic heterocycles. The molecule has 0 aromatic heterocycles. The molecule has 4 nitrogen and oxygen atoms in total. The lowest BCUT2D eigenvalue weighted by Gasteiger charge is -2.23. The molecule has 0 bridgehead atoms. The van der Waals surface area contributed by atoms with Crippen LogP contribution in [0.4, 0.5) is 0 Å². The number of ether oxygens (including phenoxy) is 1. The number of benzene rings is 1. The Labute approximate surface area is 117 Å². The van der Waals surface area contributed by atoms with E-state index >= 15 is 0 Å². The lowest BCUT2D eigenvalue weighted by Crippen LogP contribution is -2.42. The molecule has 0 spiro atoms. The number of carbonyl (C=O) groups is 1. The fourth-order valence-corrected chi connectivity index (χ4v) is 1.70. The van der Waals surface area contributed by atoms with Crippen molar-refractivity contribution in [3.63, 3.8) is 0 Å². The maximum atomic E-state index is 11.8. The highest BCUT2D eigenvalue weighted by Gasteiger charge is 2.15. The van der Waals surface area contributed by atoms with E-state index in [1.54, 1.807) is 30.1 Å². The Morgan fingerprint density at radius 2 is 2.17 bits per heavy atom. The van der Waals surface area contributed by atoms with Crippen LogP contribution in [0, 0.1) is 0 Å². The third kappa shape index (κ3) is 4.05. The van der Waals surface area contributed by atoms with Gasteiger partial charge in [-0.05, 0) is 25.1 Å². The van der Waals surface area contributed by atoms with Crippen molar-refractivity contribution in [2.45, 2.75) is 13.0 Å². The molecular formula is C12H16Cl2N2O2. The largest absolute Gasteiger partial charge is 0.482 e. The second-order valence-electron chi connectivity index (χ2n) is 3.95. The van der Waals surface area contributed by atoms with Crippen molar-refractivity contribution in [3.05, 3.63) is 28.2 Å². The zero-order valence-corrected chi connectivity index (χ0v) is 11.8. The molecule has 0 saturated heterocycles. The summed E-state index contributed by atoms with van der Waals surface area (Å²) in [6, 6.07) is 4.82. The number of carbonyl (C=O) groups excluding carboxylic acids is 1. The topological polar surface area (TPSA) is 55.6 Å². The molecule has 0 heterocycles. The highest BCUT2D eigenvalue weighted by molar-refractivity contribution is 6.35. The second-order valence-corrected chi connectivity index (χ2v) is 4.80. The molecule has 2 N–H and O–H groups in total. The number of nitrogens with zero attached hydrogens (tertiary/aromatic N) is 1. The van der Waals surface area contributed by atoms with Gasteiger partial charge < -0.3 is 15.4 Å². The molecule has 0 radical (unpaired) electrons. The van der Waals surface area contributed by atoms with Gasteiger partial charge in [-0.15, -0.1) is 0 Å². The monoisotopic (exact) mass is 290 g/mol. The van der Waals surface area contributed by atoms with E-state index in [1.165, 1.54) is 0 Å². The van der Waals surface area contributed by atoms with Gasteiger partial charge in [-0.2, -0.15) is 0 Å². The highest BCUT2D eigenvalue weighted by Crippen LogP contribution is 2.27. The predicted octanol–water partition coefficient (Wildman–Crippen LogP) is 2.18. The van der Waals surface area contributed by atoms with Gasteiger partial charge in [0.1, 0.15) is 5.75 Å². The molecule has 1 aromatic carbocycles. The van der Waals surface area contributed by atoms with Crippen LogP contribution in [0.5, 0.6) is 5.75 Å². The predicted molar refractivity (Wildman–Crippen MR) is 73.2 cm³/mol. The molecule has 0 fully saturated rings. The first-order valence-electron chi connectivity index (χ1n) is 5.49. The van der Waals surface area contributed by atoms with Crippen LogP contribution in [0.2, 0.25) is 10.0 Å². The maximum Gasteiger partial charge on any atom is 0.260 e. The number of amides is 1. The van der Waals surface area contributed by atoms with Crippen molar-refractivity contribution >= 4 is 29.1 Å². The maximum absolute atomic E-state index is 11.8. The van der Waals surface area contributed by atoms with Crippen molar-refractivity contribution in [2.24, 2.45) is 5.73 Å². The van der Waals surface area contributed by atoms with Crippen molar-refractivity contribution < 1.29 is 9.53 Å². The van der Waals surface area contributed by atoms with Crippen LogP contribution in [0.15, 0.2) is 18.2 Å². The van der Waals surface area contributed by atoms with Gasteiger partial charge in [-0.3, -0.25) is 4.79 Å². The van der Waals surface area contributed by atoms with Gasteiger partial charge >= 0.3 is 0 Å². The fraction of sp³-hybridized carbons (Fsp3) is 0.417. The minimum atomic E-state index is -0.154. The van der Waals surface area contributed by atoms with E-state index in [1.807, 2.05) is 6.92 Å². The van der Waals surface area contributed by atoms with Crippen LogP contribution in [0.1, 0.15) is 6.92 Å². The Bertz CT molecular complexity index is 427. The summed E-state index contributed by atoms with van der Waals surface area (Å²) in [6.07, 6.45) is 0. The normalized spacial score (nSPS) is 12.1. The first-order chi connectivity index (χ1) is 8.45. The SMILES string of the molecule is CC(CN)N(C)C(=O)COc1ccc(Cl)cc1Cl. The smallest absolute Gasteiger partial charge is 0.260 e. The van der Waals surface area contributed by atoms with Crippen molar-refractivity contribution in [1.29, 1.82) is 0 Å². The van der Waals surface area contributed by atoms with E-state index in [0.717, 1.165) is 0 Å². The molecule has 0 aliphatic carbocycles. The molecule has 0 aliphatic rings. The number of likely N-dealkylation sites (N-methyl/N-ethyl adjacent to an activating group) is 1. The average molecular weight is 291 g/mol. The summed E-state index contributed by atoms with van der Waals surface area (Å²) in [7, 11) is 1.69. The summed E-state index contributed by atoms with van der Waals surface area (Å²) in [6.45, 7) is 2.19. The Morgan fingerprint density at radius 1 is 1.50 bits per heavy atom. The number of rotatable bonds is 5. The minimum absolute atomic E-state index is 0.0261. The lowest BCUT2D eigenvalue weighted by molar-refractivity contribution is -0.133. The Balaban J connectivity index is 2.57. The Morgan fingerprint density at radius 3 is 2.72 bits per heavy atom. The molecule has 1 aromatic rings. The summed E-state index contributed by atoms with van der Waals surface area (Å²) in [4.78, 5) is 13.3. The number of hydrogen-bond donors (Lipinski definition) is 1. The van der Waals surface area contributed by atoms with Gasteiger partial charge in [0.2, 0.25) is 0 Å². The zero-order valence-electron chi connectivity index (χ0n) is 10.3. The summed E-state index contributed by atoms with van der Waals surface area (Å²) in [5, 5.41) is 0.900. The summed E-state index contributed by atoms with van der Waals surface area (Å²) in [5.41, 5.74) is 5.49. The van der Waals surface area contributed by atoms with Gasteiger partial charge in [0.05, 0.1) is 5.02 Å². The van der Waals surface area contributed by atoms with Crippen LogP contribution < -0.4 is 10.5 Å². The van der Waals surface area contributed by atoms with Crippen molar-refractivity contribution in [2.75, 3.05) is 20.2 Å². The number of nitrogens with two attached hydrogens (primary N) is 1. The van der Waals surface area contributed by atoms with E-state index in [0.29, 0.717) is 22.3 Å². The van der Waals surface area contributed by atoms with Crippen molar-refractivity contribution in [3.8, 4) is 5.75 Å². The standard InChI is InChI=1S/C12H16Cl2N2O2/c1-8(6-15)16(2)12(17)7-18-11-4-3-9(13)5-10(11)14/h3-5,8H,6-7,15H2,1-2H3. The molecule has 18 heavy (non-hydrogen) atoms. The highest BCUT2D eigenvalue weighted by atomic mass is 35.5. The Hall–Kier alpha value is -0.970. The molecular weight excluding hydrogens is 275 g/mol. The van der Waals surface area contributed by atoms with Gasteiger partial charge in [0.25, 0.3) is 5.91 Å². The van der Waals surface area contributed by atoms with Crippen LogP contribution in [-0.4, -0.2) is 37.0 Å². The van der Waals surface area contributed by atoms with Gasteiger partial charge in [-0.1, -0.05) is 23.2 Å². The molecule has 1 unspecified atom stereocenters. The lowest BCUT2D eigenvalue weighted by atomic mass is 10.3. The second kappa shape index (κ2) is 6.83. The minimum Gasteiger partial charge on any atom is -0.482 e. The van der Waals surface area contributed by atoms with Gasteiger partial charge in [0.15, 0.2) is 6.61 Å². The summed E-state index contributed by atoms with van der Waals surface area (Å²) < 4.78 is 5.35. The summed E-state index contributed by atoms with van der Waals surface area (Å²) >= 11 is 11.7. The third-order valence-electron chi connectivity index (χ3n) is 2.64. The average Bonchev–Trinajstić information content (AvgIpc) is 2.35. The van der Waals surface area contributed by atoms with E-state index in [9.17, 15) is 4.79 Å². The van der Waals surface area contributed by atoms with E-state index < -0.39 is 0 Å².